The Balaban J connectivity index is 2.21. The van der Waals surface area contributed by atoms with Crippen molar-refractivity contribution in [1.82, 2.24) is 10.2 Å². The molecular formula is C9H18N2O2. The molecule has 0 atom stereocenters. The summed E-state index contributed by atoms with van der Waals surface area (Å²) in [5.41, 5.74) is 0. The molecule has 0 aromatic carbocycles. The van der Waals surface area contributed by atoms with Crippen LogP contribution in [0.15, 0.2) is 0 Å². The van der Waals surface area contributed by atoms with Gasteiger partial charge < -0.3 is 15.3 Å². The highest BCUT2D eigenvalue weighted by molar-refractivity contribution is 5.65. The highest BCUT2D eigenvalue weighted by Crippen LogP contribution is 2.24. The highest BCUT2D eigenvalue weighted by Gasteiger charge is 2.33. The summed E-state index contributed by atoms with van der Waals surface area (Å²) in [5, 5.41) is 12.1. The lowest BCUT2D eigenvalue weighted by molar-refractivity contribution is 0.0956. The number of amides is 1. The standard InChI is InChI=1S/C9H18N2O2/c1-6(2)10-7-4-8(5-7)11(3)9(12)13/h6-8,10H,4-5H2,1-3H3,(H,12,13)/t7-,8+. The zero-order valence-corrected chi connectivity index (χ0v) is 8.45. The van der Waals surface area contributed by atoms with Gasteiger partial charge in [0.1, 0.15) is 0 Å². The Morgan fingerprint density at radius 1 is 1.54 bits per heavy atom. The van der Waals surface area contributed by atoms with Crippen molar-refractivity contribution >= 4 is 6.09 Å². The molecule has 1 aliphatic carbocycles. The lowest BCUT2D eigenvalue weighted by atomic mass is 9.85. The first kappa shape index (κ1) is 10.3. The van der Waals surface area contributed by atoms with Crippen LogP contribution in [0.2, 0.25) is 0 Å². The molecule has 1 aliphatic rings. The van der Waals surface area contributed by atoms with Gasteiger partial charge in [-0.3, -0.25) is 0 Å². The third-order valence-corrected chi connectivity index (χ3v) is 2.53. The smallest absolute Gasteiger partial charge is 0.407 e. The summed E-state index contributed by atoms with van der Waals surface area (Å²) in [6, 6.07) is 1.21. The van der Waals surface area contributed by atoms with E-state index in [4.69, 9.17) is 5.11 Å². The summed E-state index contributed by atoms with van der Waals surface area (Å²) >= 11 is 0. The number of carbonyl (C=O) groups is 1. The second-order valence-corrected chi connectivity index (χ2v) is 4.04. The molecule has 4 nitrogen and oxygen atoms in total. The van der Waals surface area contributed by atoms with E-state index in [0.717, 1.165) is 12.8 Å². The van der Waals surface area contributed by atoms with Crippen LogP contribution in [-0.4, -0.2) is 41.3 Å². The van der Waals surface area contributed by atoms with E-state index in [2.05, 4.69) is 19.2 Å². The molecule has 0 unspecified atom stereocenters. The molecule has 76 valence electrons. The second-order valence-electron chi connectivity index (χ2n) is 4.04. The molecule has 1 amide bonds. The molecule has 1 rings (SSSR count). The maximum atomic E-state index is 10.6. The Bertz CT molecular complexity index is 188. The van der Waals surface area contributed by atoms with Crippen LogP contribution < -0.4 is 5.32 Å². The van der Waals surface area contributed by atoms with Gasteiger partial charge in [0.15, 0.2) is 0 Å². The summed E-state index contributed by atoms with van der Waals surface area (Å²) in [6.07, 6.45) is 1.06. The largest absolute Gasteiger partial charge is 0.465 e. The zero-order valence-electron chi connectivity index (χ0n) is 8.45. The number of hydrogen-bond acceptors (Lipinski definition) is 2. The van der Waals surface area contributed by atoms with E-state index in [1.165, 1.54) is 4.90 Å². The van der Waals surface area contributed by atoms with Gasteiger partial charge in [-0.05, 0) is 12.8 Å². The summed E-state index contributed by atoms with van der Waals surface area (Å²) in [7, 11) is 1.64. The Morgan fingerprint density at radius 3 is 2.46 bits per heavy atom. The maximum absolute atomic E-state index is 10.6. The van der Waals surface area contributed by atoms with Gasteiger partial charge in [0, 0.05) is 25.2 Å². The molecule has 0 heterocycles. The van der Waals surface area contributed by atoms with Crippen LogP contribution in [0.3, 0.4) is 0 Å². The van der Waals surface area contributed by atoms with Crippen LogP contribution in [0, 0.1) is 0 Å². The monoisotopic (exact) mass is 186 g/mol. The summed E-state index contributed by atoms with van der Waals surface area (Å²) in [5.74, 6) is 0. The number of nitrogens with zero attached hydrogens (tertiary/aromatic N) is 1. The molecule has 0 radical (unpaired) electrons. The van der Waals surface area contributed by atoms with E-state index < -0.39 is 6.09 Å². The minimum Gasteiger partial charge on any atom is -0.465 e. The molecule has 4 heteroatoms. The minimum atomic E-state index is -0.826. The molecule has 13 heavy (non-hydrogen) atoms. The van der Waals surface area contributed by atoms with Gasteiger partial charge in [0.2, 0.25) is 0 Å². The average molecular weight is 186 g/mol. The Kier molecular flexibility index (Phi) is 3.14. The van der Waals surface area contributed by atoms with Gasteiger partial charge in [-0.15, -0.1) is 0 Å². The fraction of sp³-hybridized carbons (Fsp3) is 0.889. The molecule has 1 saturated carbocycles. The molecule has 0 aromatic heterocycles. The van der Waals surface area contributed by atoms with Gasteiger partial charge in [0.25, 0.3) is 0 Å². The molecule has 0 spiro atoms. The summed E-state index contributed by atoms with van der Waals surface area (Å²) in [6.45, 7) is 4.21. The van der Waals surface area contributed by atoms with E-state index >= 15 is 0 Å². The van der Waals surface area contributed by atoms with E-state index in [1.54, 1.807) is 7.05 Å². The van der Waals surface area contributed by atoms with Crippen molar-refractivity contribution in [3.63, 3.8) is 0 Å². The van der Waals surface area contributed by atoms with Crippen LogP contribution in [0.25, 0.3) is 0 Å². The average Bonchev–Trinajstić information content (AvgIpc) is 1.94. The van der Waals surface area contributed by atoms with Crippen molar-refractivity contribution in [3.8, 4) is 0 Å². The number of hydrogen-bond donors (Lipinski definition) is 2. The predicted octanol–water partition coefficient (Wildman–Crippen LogP) is 1.13. The number of rotatable bonds is 3. The first-order valence-electron chi connectivity index (χ1n) is 4.72. The third-order valence-electron chi connectivity index (χ3n) is 2.53. The molecule has 1 fully saturated rings. The number of carboxylic acid groups (broad SMARTS) is 1. The van der Waals surface area contributed by atoms with E-state index in [0.29, 0.717) is 12.1 Å². The lowest BCUT2D eigenvalue weighted by Gasteiger charge is -2.41. The van der Waals surface area contributed by atoms with Crippen LogP contribution in [0.5, 0.6) is 0 Å². The lowest BCUT2D eigenvalue weighted by Crippen LogP contribution is -2.54. The van der Waals surface area contributed by atoms with Crippen molar-refractivity contribution in [3.05, 3.63) is 0 Å². The Hall–Kier alpha value is -0.770. The van der Waals surface area contributed by atoms with E-state index in [-0.39, 0.29) is 6.04 Å². The van der Waals surface area contributed by atoms with Gasteiger partial charge in [-0.2, -0.15) is 0 Å². The normalized spacial score (nSPS) is 27.1. The van der Waals surface area contributed by atoms with E-state index in [9.17, 15) is 4.79 Å². The third kappa shape index (κ3) is 2.59. The van der Waals surface area contributed by atoms with Crippen molar-refractivity contribution in [2.45, 2.75) is 44.8 Å². The van der Waals surface area contributed by atoms with Crippen LogP contribution in [0.1, 0.15) is 26.7 Å². The van der Waals surface area contributed by atoms with Crippen molar-refractivity contribution in [1.29, 1.82) is 0 Å². The van der Waals surface area contributed by atoms with Gasteiger partial charge in [-0.1, -0.05) is 13.8 Å². The maximum Gasteiger partial charge on any atom is 0.407 e. The van der Waals surface area contributed by atoms with Gasteiger partial charge >= 0.3 is 6.09 Å². The zero-order chi connectivity index (χ0) is 10.0. The Labute approximate surface area is 78.9 Å². The van der Waals surface area contributed by atoms with E-state index in [1.807, 2.05) is 0 Å². The van der Waals surface area contributed by atoms with Crippen LogP contribution in [0.4, 0.5) is 4.79 Å². The Morgan fingerprint density at radius 2 is 2.08 bits per heavy atom. The van der Waals surface area contributed by atoms with Gasteiger partial charge in [-0.25, -0.2) is 4.79 Å². The van der Waals surface area contributed by atoms with Crippen molar-refractivity contribution in [2.24, 2.45) is 0 Å². The fourth-order valence-corrected chi connectivity index (χ4v) is 1.67. The fourth-order valence-electron chi connectivity index (χ4n) is 1.67. The first-order valence-corrected chi connectivity index (χ1v) is 4.72. The van der Waals surface area contributed by atoms with Crippen molar-refractivity contribution < 1.29 is 9.90 Å². The summed E-state index contributed by atoms with van der Waals surface area (Å²) < 4.78 is 0. The highest BCUT2D eigenvalue weighted by atomic mass is 16.4. The van der Waals surface area contributed by atoms with Gasteiger partial charge in [0.05, 0.1) is 0 Å². The van der Waals surface area contributed by atoms with Crippen LogP contribution >= 0.6 is 0 Å². The molecule has 0 saturated heterocycles. The van der Waals surface area contributed by atoms with Crippen molar-refractivity contribution in [2.75, 3.05) is 7.05 Å². The SMILES string of the molecule is CC(C)N[C@H]1C[C@@H](N(C)C(=O)O)C1. The molecule has 0 aliphatic heterocycles. The minimum absolute atomic E-state index is 0.216. The second kappa shape index (κ2) is 3.96. The molecular weight excluding hydrogens is 168 g/mol. The topological polar surface area (TPSA) is 52.6 Å². The first-order chi connectivity index (χ1) is 6.00. The predicted molar refractivity (Wildman–Crippen MR) is 50.9 cm³/mol. The summed E-state index contributed by atoms with van der Waals surface area (Å²) in [4.78, 5) is 12.0. The molecule has 0 bridgehead atoms. The molecule has 2 N–H and O–H groups in total. The van der Waals surface area contributed by atoms with Crippen LogP contribution in [-0.2, 0) is 0 Å². The molecule has 0 aromatic rings. The number of nitrogens with one attached hydrogen (secondary N) is 1. The quantitative estimate of drug-likeness (QED) is 0.694.